The number of carbonyl (C=O) groups is 1. The van der Waals surface area contributed by atoms with Gasteiger partial charge in [0.05, 0.1) is 17.8 Å². The molecule has 0 saturated heterocycles. The first-order valence-corrected chi connectivity index (χ1v) is 9.24. The van der Waals surface area contributed by atoms with Gasteiger partial charge in [-0.05, 0) is 26.0 Å². The molecule has 0 aliphatic carbocycles. The Kier molecular flexibility index (Phi) is 6.10. The predicted octanol–water partition coefficient (Wildman–Crippen LogP) is 1.92. The molecule has 0 saturated carbocycles. The standard InChI is InChI=1S/C17H23N3O2S/c1-4-23(22)11-10-18-17(21)12-16-13(2)19-20(14(16)3)15-8-6-5-7-9-15/h5-9H,4,10-12H2,1-3H3,(H,18,21). The number of hydrogen-bond acceptors (Lipinski definition) is 3. The molecule has 1 unspecified atom stereocenters. The van der Waals surface area contributed by atoms with E-state index in [0.717, 1.165) is 22.6 Å². The maximum absolute atomic E-state index is 12.1. The van der Waals surface area contributed by atoms with Gasteiger partial charge in [0.15, 0.2) is 0 Å². The first-order chi connectivity index (χ1) is 11.0. The van der Waals surface area contributed by atoms with Crippen LogP contribution in [0.5, 0.6) is 0 Å². The van der Waals surface area contributed by atoms with Crippen molar-refractivity contribution in [3.05, 3.63) is 47.3 Å². The molecule has 2 rings (SSSR count). The Bertz CT molecular complexity index is 695. The van der Waals surface area contributed by atoms with E-state index < -0.39 is 10.8 Å². The highest BCUT2D eigenvalue weighted by Gasteiger charge is 2.15. The number of carbonyl (C=O) groups excluding carboxylic acids is 1. The summed E-state index contributed by atoms with van der Waals surface area (Å²) in [5.41, 5.74) is 3.76. The van der Waals surface area contributed by atoms with Crippen LogP contribution in [-0.4, -0.2) is 37.9 Å². The average Bonchev–Trinajstić information content (AvgIpc) is 2.83. The van der Waals surface area contributed by atoms with Crippen LogP contribution in [0.3, 0.4) is 0 Å². The van der Waals surface area contributed by atoms with E-state index in [1.165, 1.54) is 0 Å². The maximum atomic E-state index is 12.1. The minimum Gasteiger partial charge on any atom is -0.355 e. The SMILES string of the molecule is CCS(=O)CCNC(=O)Cc1c(C)nn(-c2ccccc2)c1C. The first-order valence-electron chi connectivity index (χ1n) is 7.75. The van der Waals surface area contributed by atoms with Gasteiger partial charge in [-0.1, -0.05) is 25.1 Å². The number of nitrogens with one attached hydrogen (secondary N) is 1. The number of nitrogens with zero attached hydrogens (tertiary/aromatic N) is 2. The monoisotopic (exact) mass is 333 g/mol. The molecule has 0 aliphatic rings. The molecule has 124 valence electrons. The number of aromatic nitrogens is 2. The van der Waals surface area contributed by atoms with Crippen molar-refractivity contribution in [1.82, 2.24) is 15.1 Å². The molecular weight excluding hydrogens is 310 g/mol. The summed E-state index contributed by atoms with van der Waals surface area (Å²) in [6.07, 6.45) is 0.295. The highest BCUT2D eigenvalue weighted by molar-refractivity contribution is 7.84. The number of aryl methyl sites for hydroxylation is 1. The van der Waals surface area contributed by atoms with Gasteiger partial charge >= 0.3 is 0 Å². The van der Waals surface area contributed by atoms with Gasteiger partial charge in [0, 0.05) is 40.1 Å². The van der Waals surface area contributed by atoms with Crippen molar-refractivity contribution in [2.75, 3.05) is 18.1 Å². The first kappa shape index (κ1) is 17.4. The molecule has 6 heteroatoms. The van der Waals surface area contributed by atoms with E-state index in [4.69, 9.17) is 0 Å². The molecule has 0 spiro atoms. The molecule has 0 fully saturated rings. The van der Waals surface area contributed by atoms with E-state index >= 15 is 0 Å². The second-order valence-electron chi connectivity index (χ2n) is 5.36. The van der Waals surface area contributed by atoms with Crippen LogP contribution in [0, 0.1) is 13.8 Å². The third-order valence-electron chi connectivity index (χ3n) is 3.75. The third-order valence-corrected chi connectivity index (χ3v) is 5.06. The van der Waals surface area contributed by atoms with Gasteiger partial charge in [-0.3, -0.25) is 9.00 Å². The molecule has 2 aromatic rings. The number of para-hydroxylation sites is 1. The van der Waals surface area contributed by atoms with Crippen LogP contribution in [0.2, 0.25) is 0 Å². The van der Waals surface area contributed by atoms with E-state index in [-0.39, 0.29) is 5.91 Å². The Labute approximate surface area is 139 Å². The molecule has 1 amide bonds. The topological polar surface area (TPSA) is 64.0 Å². The Morgan fingerprint density at radius 3 is 2.61 bits per heavy atom. The molecule has 1 aromatic carbocycles. The normalized spacial score (nSPS) is 12.1. The van der Waals surface area contributed by atoms with Crippen molar-refractivity contribution in [2.24, 2.45) is 0 Å². The number of benzene rings is 1. The van der Waals surface area contributed by atoms with Gasteiger partial charge in [0.2, 0.25) is 5.91 Å². The van der Waals surface area contributed by atoms with Crippen LogP contribution in [0.25, 0.3) is 5.69 Å². The molecule has 1 heterocycles. The molecular formula is C17H23N3O2S. The van der Waals surface area contributed by atoms with Crippen LogP contribution in [0.15, 0.2) is 30.3 Å². The maximum Gasteiger partial charge on any atom is 0.224 e. The van der Waals surface area contributed by atoms with Crippen molar-refractivity contribution in [3.8, 4) is 5.69 Å². The van der Waals surface area contributed by atoms with Crippen LogP contribution in [0.1, 0.15) is 23.9 Å². The summed E-state index contributed by atoms with van der Waals surface area (Å²) in [4.78, 5) is 12.1. The lowest BCUT2D eigenvalue weighted by Crippen LogP contribution is -2.29. The summed E-state index contributed by atoms with van der Waals surface area (Å²) in [6.45, 7) is 6.22. The van der Waals surface area contributed by atoms with Crippen LogP contribution < -0.4 is 5.32 Å². The minimum atomic E-state index is -0.851. The van der Waals surface area contributed by atoms with Gasteiger partial charge in [-0.15, -0.1) is 0 Å². The largest absolute Gasteiger partial charge is 0.355 e. The van der Waals surface area contributed by atoms with Crippen molar-refractivity contribution in [1.29, 1.82) is 0 Å². The smallest absolute Gasteiger partial charge is 0.224 e. The lowest BCUT2D eigenvalue weighted by Gasteiger charge is -2.06. The summed E-state index contributed by atoms with van der Waals surface area (Å²) in [6, 6.07) is 9.87. The Morgan fingerprint density at radius 1 is 1.26 bits per heavy atom. The zero-order valence-corrected chi connectivity index (χ0v) is 14.7. The molecule has 1 N–H and O–H groups in total. The molecule has 1 aromatic heterocycles. The van der Waals surface area contributed by atoms with Crippen molar-refractivity contribution in [2.45, 2.75) is 27.2 Å². The van der Waals surface area contributed by atoms with Crippen molar-refractivity contribution in [3.63, 3.8) is 0 Å². The Hall–Kier alpha value is -1.95. The second-order valence-corrected chi connectivity index (χ2v) is 7.22. The molecule has 0 bridgehead atoms. The quantitative estimate of drug-likeness (QED) is 0.842. The van der Waals surface area contributed by atoms with E-state index in [2.05, 4.69) is 10.4 Å². The second kappa shape index (κ2) is 8.06. The summed E-state index contributed by atoms with van der Waals surface area (Å²) < 4.78 is 13.2. The van der Waals surface area contributed by atoms with Crippen LogP contribution >= 0.6 is 0 Å². The lowest BCUT2D eigenvalue weighted by atomic mass is 10.1. The fourth-order valence-electron chi connectivity index (χ4n) is 2.42. The Morgan fingerprint density at radius 2 is 1.96 bits per heavy atom. The Balaban J connectivity index is 2.05. The van der Waals surface area contributed by atoms with E-state index in [1.54, 1.807) is 0 Å². The summed E-state index contributed by atoms with van der Waals surface area (Å²) >= 11 is 0. The molecule has 0 aliphatic heterocycles. The zero-order valence-electron chi connectivity index (χ0n) is 13.8. The predicted molar refractivity (Wildman–Crippen MR) is 93.3 cm³/mol. The molecule has 1 atom stereocenters. The third kappa shape index (κ3) is 4.51. The molecule has 23 heavy (non-hydrogen) atoms. The number of hydrogen-bond donors (Lipinski definition) is 1. The zero-order chi connectivity index (χ0) is 16.8. The van der Waals surface area contributed by atoms with Gasteiger partial charge in [-0.25, -0.2) is 4.68 Å². The van der Waals surface area contributed by atoms with Gasteiger partial charge in [0.1, 0.15) is 0 Å². The highest BCUT2D eigenvalue weighted by Crippen LogP contribution is 2.18. The summed E-state index contributed by atoms with van der Waals surface area (Å²) in [7, 11) is -0.851. The van der Waals surface area contributed by atoms with Crippen molar-refractivity contribution >= 4 is 16.7 Å². The number of amides is 1. The minimum absolute atomic E-state index is 0.0584. The fourth-order valence-corrected chi connectivity index (χ4v) is 3.04. The van der Waals surface area contributed by atoms with Crippen LogP contribution in [-0.2, 0) is 22.0 Å². The number of rotatable bonds is 7. The van der Waals surface area contributed by atoms with Crippen LogP contribution in [0.4, 0.5) is 0 Å². The van der Waals surface area contributed by atoms with E-state index in [0.29, 0.717) is 24.5 Å². The lowest BCUT2D eigenvalue weighted by molar-refractivity contribution is -0.120. The molecule has 0 radical (unpaired) electrons. The molecule has 5 nitrogen and oxygen atoms in total. The van der Waals surface area contributed by atoms with E-state index in [9.17, 15) is 9.00 Å². The highest BCUT2D eigenvalue weighted by atomic mass is 32.2. The van der Waals surface area contributed by atoms with Crippen molar-refractivity contribution < 1.29 is 9.00 Å². The fraction of sp³-hybridized carbons (Fsp3) is 0.412. The summed E-state index contributed by atoms with van der Waals surface area (Å²) in [5, 5.41) is 7.37. The average molecular weight is 333 g/mol. The van der Waals surface area contributed by atoms with Gasteiger partial charge < -0.3 is 5.32 Å². The summed E-state index contributed by atoms with van der Waals surface area (Å²) in [5.74, 6) is 1.07. The van der Waals surface area contributed by atoms with E-state index in [1.807, 2.05) is 55.8 Å². The van der Waals surface area contributed by atoms with Gasteiger partial charge in [-0.2, -0.15) is 5.10 Å². The van der Waals surface area contributed by atoms with Gasteiger partial charge in [0.25, 0.3) is 0 Å².